The van der Waals surface area contributed by atoms with Crippen molar-refractivity contribution in [2.45, 2.75) is 32.5 Å². The van der Waals surface area contributed by atoms with Gasteiger partial charge in [-0.05, 0) is 45.0 Å². The number of halogens is 4. The Morgan fingerprint density at radius 1 is 1.26 bits per heavy atom. The Balaban J connectivity index is 2.37. The molecule has 0 saturated carbocycles. The zero-order chi connectivity index (χ0) is 23.2. The molecule has 0 aliphatic heterocycles. The minimum atomic E-state index is -4.60. The molecule has 10 heteroatoms. The summed E-state index contributed by atoms with van der Waals surface area (Å²) in [5.74, 6) is -0.419. The second-order valence-electron chi connectivity index (χ2n) is 7.00. The van der Waals surface area contributed by atoms with Gasteiger partial charge in [-0.25, -0.2) is 9.78 Å². The van der Waals surface area contributed by atoms with Crippen LogP contribution in [0.1, 0.15) is 31.9 Å². The second kappa shape index (κ2) is 10.0. The standard InChI is InChI=1S/C21H21ClF3NO5/c1-4-29-18(27)8-6-13-5-7-15(30-12-20(2,3)28)10-17(13)31-19-16(22)9-14(11-26-19)21(23,24)25/h5-11,28H,4,12H2,1-3H3. The predicted octanol–water partition coefficient (Wildman–Crippen LogP) is 5.27. The van der Waals surface area contributed by atoms with Gasteiger partial charge < -0.3 is 19.3 Å². The summed E-state index contributed by atoms with van der Waals surface area (Å²) in [6.07, 6.45) is -1.42. The molecule has 0 amide bonds. The highest BCUT2D eigenvalue weighted by Gasteiger charge is 2.32. The van der Waals surface area contributed by atoms with Gasteiger partial charge in [0.05, 0.1) is 17.8 Å². The van der Waals surface area contributed by atoms with Crippen LogP contribution in [-0.4, -0.2) is 34.9 Å². The van der Waals surface area contributed by atoms with Crippen molar-refractivity contribution in [3.63, 3.8) is 0 Å². The van der Waals surface area contributed by atoms with E-state index >= 15 is 0 Å². The molecule has 31 heavy (non-hydrogen) atoms. The van der Waals surface area contributed by atoms with Crippen LogP contribution in [0, 0.1) is 0 Å². The lowest BCUT2D eigenvalue weighted by Crippen LogP contribution is -2.27. The van der Waals surface area contributed by atoms with Crippen LogP contribution >= 0.6 is 11.6 Å². The molecular formula is C21H21ClF3NO5. The Morgan fingerprint density at radius 2 is 1.97 bits per heavy atom. The van der Waals surface area contributed by atoms with E-state index in [0.717, 1.165) is 0 Å². The van der Waals surface area contributed by atoms with Crippen molar-refractivity contribution in [3.8, 4) is 17.4 Å². The molecule has 0 saturated heterocycles. The highest BCUT2D eigenvalue weighted by molar-refractivity contribution is 6.31. The summed E-state index contributed by atoms with van der Waals surface area (Å²) in [6.45, 7) is 4.96. The maximum atomic E-state index is 12.8. The van der Waals surface area contributed by atoms with Crippen molar-refractivity contribution >= 4 is 23.6 Å². The monoisotopic (exact) mass is 459 g/mol. The zero-order valence-electron chi connectivity index (χ0n) is 17.0. The number of ether oxygens (including phenoxy) is 3. The van der Waals surface area contributed by atoms with Gasteiger partial charge in [0, 0.05) is 23.9 Å². The van der Waals surface area contributed by atoms with Crippen molar-refractivity contribution in [1.29, 1.82) is 0 Å². The summed E-state index contributed by atoms with van der Waals surface area (Å²) in [5, 5.41) is 9.47. The number of aliphatic hydroxyl groups is 1. The lowest BCUT2D eigenvalue weighted by molar-refractivity contribution is -0.138. The number of nitrogens with zero attached hydrogens (tertiary/aromatic N) is 1. The number of pyridine rings is 1. The summed E-state index contributed by atoms with van der Waals surface area (Å²) in [6, 6.07) is 5.27. The highest BCUT2D eigenvalue weighted by atomic mass is 35.5. The van der Waals surface area contributed by atoms with Crippen LogP contribution in [0.25, 0.3) is 6.08 Å². The first-order valence-electron chi connectivity index (χ1n) is 9.13. The first-order valence-corrected chi connectivity index (χ1v) is 9.51. The minimum Gasteiger partial charge on any atom is -0.490 e. The van der Waals surface area contributed by atoms with Gasteiger partial charge in [0.25, 0.3) is 0 Å². The topological polar surface area (TPSA) is 77.9 Å². The molecule has 1 aromatic heterocycles. The van der Waals surface area contributed by atoms with E-state index in [0.29, 0.717) is 23.6 Å². The van der Waals surface area contributed by atoms with Crippen LogP contribution in [0.3, 0.4) is 0 Å². The third-order valence-corrected chi connectivity index (χ3v) is 3.87. The van der Waals surface area contributed by atoms with Gasteiger partial charge in [0.1, 0.15) is 23.1 Å². The predicted molar refractivity (Wildman–Crippen MR) is 108 cm³/mol. The number of aromatic nitrogens is 1. The molecule has 2 aromatic rings. The molecule has 1 heterocycles. The van der Waals surface area contributed by atoms with E-state index in [4.69, 9.17) is 25.8 Å². The van der Waals surface area contributed by atoms with Crippen molar-refractivity contribution < 1.29 is 37.3 Å². The molecular weight excluding hydrogens is 439 g/mol. The van der Waals surface area contributed by atoms with Crippen LogP contribution < -0.4 is 9.47 Å². The largest absolute Gasteiger partial charge is 0.490 e. The van der Waals surface area contributed by atoms with E-state index in [1.165, 1.54) is 18.2 Å². The molecule has 6 nitrogen and oxygen atoms in total. The number of hydrogen-bond acceptors (Lipinski definition) is 6. The molecule has 1 aromatic carbocycles. The molecule has 2 rings (SSSR count). The molecule has 0 radical (unpaired) electrons. The summed E-state index contributed by atoms with van der Waals surface area (Å²) in [4.78, 5) is 15.3. The number of carbonyl (C=O) groups is 1. The molecule has 0 aliphatic carbocycles. The lowest BCUT2D eigenvalue weighted by Gasteiger charge is -2.18. The highest BCUT2D eigenvalue weighted by Crippen LogP contribution is 2.36. The Morgan fingerprint density at radius 3 is 2.55 bits per heavy atom. The molecule has 0 spiro atoms. The van der Waals surface area contributed by atoms with Crippen LogP contribution in [0.4, 0.5) is 13.2 Å². The molecule has 0 aliphatic rings. The van der Waals surface area contributed by atoms with Crippen molar-refractivity contribution in [3.05, 3.63) is 52.7 Å². The summed E-state index contributed by atoms with van der Waals surface area (Å²) in [7, 11) is 0. The van der Waals surface area contributed by atoms with Crippen molar-refractivity contribution in [1.82, 2.24) is 4.98 Å². The average Bonchev–Trinajstić information content (AvgIpc) is 2.66. The number of rotatable bonds is 8. The number of carbonyl (C=O) groups excluding carboxylic acids is 1. The Labute approximate surface area is 182 Å². The molecule has 1 N–H and O–H groups in total. The molecule has 0 bridgehead atoms. The Hall–Kier alpha value is -2.78. The maximum absolute atomic E-state index is 12.8. The normalized spacial score (nSPS) is 12.1. The Kier molecular flexibility index (Phi) is 7.91. The SMILES string of the molecule is CCOC(=O)C=Cc1ccc(OCC(C)(C)O)cc1Oc1ncc(C(F)(F)F)cc1Cl. The van der Waals surface area contributed by atoms with Gasteiger partial charge in [0.15, 0.2) is 0 Å². The van der Waals surface area contributed by atoms with Gasteiger partial charge in [-0.3, -0.25) is 0 Å². The molecule has 168 valence electrons. The lowest BCUT2D eigenvalue weighted by atomic mass is 10.1. The second-order valence-corrected chi connectivity index (χ2v) is 7.40. The third-order valence-electron chi connectivity index (χ3n) is 3.60. The van der Waals surface area contributed by atoms with E-state index in [9.17, 15) is 23.1 Å². The minimum absolute atomic E-state index is 0.0241. The fraction of sp³-hybridized carbons (Fsp3) is 0.333. The molecule has 0 fully saturated rings. The first-order chi connectivity index (χ1) is 14.4. The van der Waals surface area contributed by atoms with Gasteiger partial charge in [-0.2, -0.15) is 13.2 Å². The third kappa shape index (κ3) is 7.76. The first kappa shape index (κ1) is 24.5. The molecule has 0 unspecified atom stereocenters. The van der Waals surface area contributed by atoms with Crippen molar-refractivity contribution in [2.75, 3.05) is 13.2 Å². The fourth-order valence-corrected chi connectivity index (χ4v) is 2.40. The number of esters is 1. The maximum Gasteiger partial charge on any atom is 0.417 e. The number of hydrogen-bond donors (Lipinski definition) is 1. The quantitative estimate of drug-likeness (QED) is 0.428. The smallest absolute Gasteiger partial charge is 0.417 e. The van der Waals surface area contributed by atoms with Gasteiger partial charge in [0.2, 0.25) is 5.88 Å². The summed E-state index contributed by atoms with van der Waals surface area (Å²) >= 11 is 5.92. The van der Waals surface area contributed by atoms with E-state index in [1.807, 2.05) is 0 Å². The molecule has 0 atom stereocenters. The summed E-state index contributed by atoms with van der Waals surface area (Å²) in [5.41, 5.74) is -1.72. The van der Waals surface area contributed by atoms with Crippen LogP contribution in [0.2, 0.25) is 5.02 Å². The van der Waals surface area contributed by atoms with E-state index in [2.05, 4.69) is 4.98 Å². The van der Waals surface area contributed by atoms with Gasteiger partial charge in [-0.1, -0.05) is 11.6 Å². The van der Waals surface area contributed by atoms with Crippen LogP contribution in [-0.2, 0) is 15.7 Å². The van der Waals surface area contributed by atoms with Crippen LogP contribution in [0.15, 0.2) is 36.5 Å². The van der Waals surface area contributed by atoms with Gasteiger partial charge >= 0.3 is 12.1 Å². The van der Waals surface area contributed by atoms with E-state index < -0.39 is 23.3 Å². The van der Waals surface area contributed by atoms with Crippen LogP contribution in [0.5, 0.6) is 17.4 Å². The van der Waals surface area contributed by atoms with E-state index in [1.54, 1.807) is 32.9 Å². The zero-order valence-corrected chi connectivity index (χ0v) is 17.8. The fourth-order valence-electron chi connectivity index (χ4n) is 2.20. The summed E-state index contributed by atoms with van der Waals surface area (Å²) < 4.78 is 54.5. The van der Waals surface area contributed by atoms with E-state index in [-0.39, 0.29) is 29.9 Å². The van der Waals surface area contributed by atoms with Gasteiger partial charge in [-0.15, -0.1) is 0 Å². The number of alkyl halides is 3. The number of benzene rings is 1. The average molecular weight is 460 g/mol. The Bertz CT molecular complexity index is 955. The van der Waals surface area contributed by atoms with Crippen molar-refractivity contribution in [2.24, 2.45) is 0 Å².